The van der Waals surface area contributed by atoms with E-state index in [0.29, 0.717) is 23.3 Å². The number of aryl methyl sites for hydroxylation is 1. The number of nitrogens with one attached hydrogen (secondary N) is 2. The molecule has 0 fully saturated rings. The number of non-ortho nitro benzene ring substituents is 1. The van der Waals surface area contributed by atoms with Crippen molar-refractivity contribution in [2.24, 2.45) is 5.92 Å². The van der Waals surface area contributed by atoms with Crippen molar-refractivity contribution in [2.45, 2.75) is 45.4 Å². The molecule has 1 atom stereocenters. The number of nitro groups is 1. The summed E-state index contributed by atoms with van der Waals surface area (Å²) < 4.78 is 1.85. The normalized spacial score (nSPS) is 11.8. The fraction of sp³-hybridized carbons (Fsp3) is 0.348. The van der Waals surface area contributed by atoms with Crippen molar-refractivity contribution in [3.05, 3.63) is 69.7 Å². The number of carbonyl (C=O) groups excluding carboxylic acids is 2. The van der Waals surface area contributed by atoms with Gasteiger partial charge in [0.05, 0.1) is 16.7 Å². The van der Waals surface area contributed by atoms with Crippen molar-refractivity contribution < 1.29 is 14.5 Å². The van der Waals surface area contributed by atoms with Crippen molar-refractivity contribution in [1.29, 1.82) is 0 Å². The Kier molecular flexibility index (Phi) is 8.53. The summed E-state index contributed by atoms with van der Waals surface area (Å²) in [7, 11) is 0. The lowest BCUT2D eigenvalue weighted by Crippen LogP contribution is -2.33. The third-order valence-electron chi connectivity index (χ3n) is 5.21. The van der Waals surface area contributed by atoms with Crippen LogP contribution in [0.15, 0.2) is 47.8 Å². The largest absolute Gasteiger partial charge is 0.342 e. The van der Waals surface area contributed by atoms with Crippen LogP contribution in [0.5, 0.6) is 0 Å². The van der Waals surface area contributed by atoms with Gasteiger partial charge in [-0.25, -0.2) is 4.98 Å². The van der Waals surface area contributed by atoms with E-state index in [1.54, 1.807) is 12.3 Å². The molecule has 2 aromatic heterocycles. The van der Waals surface area contributed by atoms with E-state index in [2.05, 4.69) is 25.8 Å². The van der Waals surface area contributed by atoms with E-state index in [1.807, 2.05) is 38.3 Å². The molecule has 0 unspecified atom stereocenters. The van der Waals surface area contributed by atoms with Gasteiger partial charge in [0, 0.05) is 30.4 Å². The van der Waals surface area contributed by atoms with Gasteiger partial charge in [-0.05, 0) is 37.5 Å². The average Bonchev–Trinajstić information content (AvgIpc) is 3.24. The van der Waals surface area contributed by atoms with Crippen molar-refractivity contribution >= 4 is 35.1 Å². The van der Waals surface area contributed by atoms with E-state index < -0.39 is 16.9 Å². The third-order valence-corrected chi connectivity index (χ3v) is 6.18. The second kappa shape index (κ2) is 11.6. The molecule has 3 rings (SSSR count). The quantitative estimate of drug-likeness (QED) is 0.245. The lowest BCUT2D eigenvalue weighted by molar-refractivity contribution is -0.384. The second-order valence-corrected chi connectivity index (χ2v) is 9.04. The smallest absolute Gasteiger partial charge is 0.270 e. The first kappa shape index (κ1) is 25.8. The van der Waals surface area contributed by atoms with E-state index in [4.69, 9.17) is 0 Å². The minimum absolute atomic E-state index is 0.0413. The molecule has 2 heterocycles. The maximum atomic E-state index is 12.9. The Morgan fingerprint density at radius 3 is 2.63 bits per heavy atom. The van der Waals surface area contributed by atoms with Crippen LogP contribution in [0, 0.1) is 23.0 Å². The predicted octanol–water partition coefficient (Wildman–Crippen LogP) is 3.77. The first-order valence-electron chi connectivity index (χ1n) is 11.0. The van der Waals surface area contributed by atoms with Crippen LogP contribution in [0.25, 0.3) is 0 Å². The van der Waals surface area contributed by atoms with E-state index in [9.17, 15) is 19.7 Å². The van der Waals surface area contributed by atoms with Crippen LogP contribution in [0.1, 0.15) is 48.6 Å². The summed E-state index contributed by atoms with van der Waals surface area (Å²) in [4.78, 5) is 40.0. The Hall–Kier alpha value is -3.80. The van der Waals surface area contributed by atoms with Gasteiger partial charge in [-0.15, -0.1) is 10.2 Å². The number of anilines is 1. The first-order valence-corrected chi connectivity index (χ1v) is 12.0. The Bertz CT molecular complexity index is 1230. The fourth-order valence-corrected chi connectivity index (χ4v) is 4.17. The molecule has 0 bridgehead atoms. The Morgan fingerprint density at radius 2 is 1.97 bits per heavy atom. The number of nitrogens with zero attached hydrogens (tertiary/aromatic N) is 5. The summed E-state index contributed by atoms with van der Waals surface area (Å²) in [5.41, 5.74) is 0.890. The van der Waals surface area contributed by atoms with Gasteiger partial charge in [0.1, 0.15) is 5.82 Å². The Morgan fingerprint density at radius 1 is 1.20 bits per heavy atom. The second-order valence-electron chi connectivity index (χ2n) is 8.09. The predicted molar refractivity (Wildman–Crippen MR) is 132 cm³/mol. The number of carbonyl (C=O) groups is 2. The molecule has 0 spiro atoms. The highest BCUT2D eigenvalue weighted by Crippen LogP contribution is 2.26. The number of hydrogen-bond acceptors (Lipinski definition) is 8. The van der Waals surface area contributed by atoms with Crippen molar-refractivity contribution in [1.82, 2.24) is 25.1 Å². The number of thioether (sulfide) groups is 1. The minimum Gasteiger partial charge on any atom is -0.342 e. The van der Waals surface area contributed by atoms with Gasteiger partial charge in [-0.2, -0.15) is 0 Å². The topological polar surface area (TPSA) is 145 Å². The molecular formula is C23H27N7O4S. The molecule has 2 N–H and O–H groups in total. The molecule has 0 aliphatic carbocycles. The molecule has 0 saturated heterocycles. The Balaban J connectivity index is 1.74. The first-order chi connectivity index (χ1) is 16.7. The molecule has 2 amide bonds. The van der Waals surface area contributed by atoms with Crippen LogP contribution in [0.3, 0.4) is 0 Å². The van der Waals surface area contributed by atoms with Crippen LogP contribution in [0.2, 0.25) is 0 Å². The summed E-state index contributed by atoms with van der Waals surface area (Å²) in [6, 6.07) is 8.73. The van der Waals surface area contributed by atoms with Gasteiger partial charge < -0.3 is 15.2 Å². The van der Waals surface area contributed by atoms with Gasteiger partial charge >= 0.3 is 0 Å². The van der Waals surface area contributed by atoms with Crippen molar-refractivity contribution in [3.8, 4) is 0 Å². The lowest BCUT2D eigenvalue weighted by atomic mass is 10.0. The molecule has 12 heteroatoms. The van der Waals surface area contributed by atoms with E-state index in [1.165, 1.54) is 36.0 Å². The maximum absolute atomic E-state index is 12.9. The number of hydrogen-bond donors (Lipinski definition) is 2. The van der Waals surface area contributed by atoms with Crippen LogP contribution in [-0.4, -0.2) is 42.2 Å². The molecule has 0 aliphatic heterocycles. The summed E-state index contributed by atoms with van der Waals surface area (Å²) >= 11 is 1.24. The summed E-state index contributed by atoms with van der Waals surface area (Å²) in [6.07, 6.45) is 1.61. The Labute approximate surface area is 206 Å². The minimum atomic E-state index is -0.542. The molecule has 35 heavy (non-hydrogen) atoms. The standard InChI is InChI=1S/C23H27N7O4S/c1-5-29-21(19(14(2)3)26-22(32)16-9-6-10-17(12-16)30(33)34)27-28-23(29)35-13-18(31)25-20-15(4)8-7-11-24-20/h6-12,14,19H,5,13H2,1-4H3,(H,26,32)(H,24,25,31)/t19-/m1/s1. The van der Waals surface area contributed by atoms with Crippen LogP contribution < -0.4 is 10.6 Å². The van der Waals surface area contributed by atoms with Crippen molar-refractivity contribution in [2.75, 3.05) is 11.1 Å². The van der Waals surface area contributed by atoms with Gasteiger partial charge in [-0.1, -0.05) is 37.7 Å². The SMILES string of the molecule is CCn1c(SCC(=O)Nc2ncccc2C)nnc1[C@H](NC(=O)c1cccc([N+](=O)[O-])c1)C(C)C. The van der Waals surface area contributed by atoms with Gasteiger partial charge in [0.2, 0.25) is 5.91 Å². The van der Waals surface area contributed by atoms with E-state index in [0.717, 1.165) is 5.56 Å². The van der Waals surface area contributed by atoms with Gasteiger partial charge in [-0.3, -0.25) is 19.7 Å². The lowest BCUT2D eigenvalue weighted by Gasteiger charge is -2.22. The molecule has 3 aromatic rings. The number of amides is 2. The zero-order valence-electron chi connectivity index (χ0n) is 19.9. The number of nitro benzene ring substituents is 1. The molecule has 0 saturated carbocycles. The third kappa shape index (κ3) is 6.41. The summed E-state index contributed by atoms with van der Waals surface area (Å²) in [5.74, 6) is 0.464. The summed E-state index contributed by atoms with van der Waals surface area (Å²) in [6.45, 7) is 8.18. The molecular weight excluding hydrogens is 470 g/mol. The van der Waals surface area contributed by atoms with Crippen LogP contribution in [-0.2, 0) is 11.3 Å². The zero-order chi connectivity index (χ0) is 25.5. The van der Waals surface area contributed by atoms with Crippen LogP contribution in [0.4, 0.5) is 11.5 Å². The number of rotatable bonds is 10. The average molecular weight is 498 g/mol. The van der Waals surface area contributed by atoms with Gasteiger partial charge in [0.15, 0.2) is 11.0 Å². The van der Waals surface area contributed by atoms with E-state index in [-0.39, 0.29) is 28.8 Å². The molecule has 184 valence electrons. The molecule has 1 aromatic carbocycles. The number of benzene rings is 1. The number of pyridine rings is 1. The zero-order valence-corrected chi connectivity index (χ0v) is 20.7. The highest BCUT2D eigenvalue weighted by atomic mass is 32.2. The monoisotopic (exact) mass is 497 g/mol. The summed E-state index contributed by atoms with van der Waals surface area (Å²) in [5, 5.41) is 25.9. The van der Waals surface area contributed by atoms with Gasteiger partial charge in [0.25, 0.3) is 11.6 Å². The highest BCUT2D eigenvalue weighted by molar-refractivity contribution is 7.99. The maximum Gasteiger partial charge on any atom is 0.270 e. The molecule has 0 radical (unpaired) electrons. The highest BCUT2D eigenvalue weighted by Gasteiger charge is 2.26. The molecule has 0 aliphatic rings. The fourth-order valence-electron chi connectivity index (χ4n) is 3.36. The number of aromatic nitrogens is 4. The van der Waals surface area contributed by atoms with Crippen molar-refractivity contribution in [3.63, 3.8) is 0 Å². The van der Waals surface area contributed by atoms with E-state index >= 15 is 0 Å². The molecule has 11 nitrogen and oxygen atoms in total. The van der Waals surface area contributed by atoms with Crippen LogP contribution >= 0.6 is 11.8 Å².